The van der Waals surface area contributed by atoms with E-state index in [0.717, 1.165) is 0 Å². The van der Waals surface area contributed by atoms with Gasteiger partial charge in [-0.3, -0.25) is 0 Å². The summed E-state index contributed by atoms with van der Waals surface area (Å²) in [4.78, 5) is 12.8. The van der Waals surface area contributed by atoms with Crippen LogP contribution >= 0.6 is 11.6 Å². The second kappa shape index (κ2) is 6.81. The Labute approximate surface area is 163 Å². The lowest BCUT2D eigenvalue weighted by Gasteiger charge is -2.16. The molecule has 0 aliphatic rings. The summed E-state index contributed by atoms with van der Waals surface area (Å²) in [6.07, 6.45) is 4.83. The fourth-order valence-corrected chi connectivity index (χ4v) is 3.03. The van der Waals surface area contributed by atoms with Crippen molar-refractivity contribution in [3.63, 3.8) is 0 Å². The van der Waals surface area contributed by atoms with E-state index in [9.17, 15) is 4.39 Å². The van der Waals surface area contributed by atoms with Crippen molar-refractivity contribution in [1.82, 2.24) is 24.6 Å². The van der Waals surface area contributed by atoms with Crippen molar-refractivity contribution in [3.8, 4) is 11.3 Å². The van der Waals surface area contributed by atoms with E-state index in [1.54, 1.807) is 41.2 Å². The minimum atomic E-state index is -0.382. The van der Waals surface area contributed by atoms with Crippen LogP contribution in [0, 0.1) is 5.82 Å². The smallest absolute Gasteiger partial charge is 0.166 e. The lowest BCUT2D eigenvalue weighted by Crippen LogP contribution is -2.10. The molecule has 1 aromatic carbocycles. The predicted octanol–water partition coefficient (Wildman–Crippen LogP) is 4.47. The lowest BCUT2D eigenvalue weighted by molar-refractivity contribution is 0.600. The van der Waals surface area contributed by atoms with Gasteiger partial charge in [0, 0.05) is 33.3 Å². The molecule has 3 aromatic heterocycles. The van der Waals surface area contributed by atoms with Gasteiger partial charge in [-0.15, -0.1) is 5.10 Å². The van der Waals surface area contributed by atoms with Crippen molar-refractivity contribution >= 4 is 28.9 Å². The van der Waals surface area contributed by atoms with Gasteiger partial charge in [-0.2, -0.15) is 0 Å². The highest BCUT2D eigenvalue weighted by Crippen LogP contribution is 2.29. The van der Waals surface area contributed by atoms with E-state index in [4.69, 9.17) is 17.3 Å². The number of nitrogens with zero attached hydrogens (tertiary/aromatic N) is 5. The van der Waals surface area contributed by atoms with Crippen molar-refractivity contribution in [1.29, 1.82) is 0 Å². The number of benzene rings is 1. The van der Waals surface area contributed by atoms with Crippen LogP contribution in [0.1, 0.15) is 22.8 Å². The molecule has 142 valence electrons. The van der Waals surface area contributed by atoms with Crippen molar-refractivity contribution in [2.24, 2.45) is 0 Å². The molecule has 0 fully saturated rings. The number of anilines is 2. The quantitative estimate of drug-likeness (QED) is 0.534. The Morgan fingerprint density at radius 3 is 2.93 bits per heavy atom. The monoisotopic (exact) mass is 389 g/mol. The van der Waals surface area contributed by atoms with Crippen LogP contribution < -0.4 is 11.1 Å². The molecule has 27 heavy (non-hydrogen) atoms. The number of hydrogen-bond acceptors (Lipinski definition) is 6. The van der Waals surface area contributed by atoms with E-state index in [-0.39, 0.29) is 16.1 Å². The van der Waals surface area contributed by atoms with Crippen LogP contribution in [0.4, 0.5) is 16.0 Å². The molecule has 0 amide bonds. The molecule has 1 atom stereocenters. The van der Waals surface area contributed by atoms with Crippen LogP contribution in [-0.2, 0) is 0 Å². The second-order valence-electron chi connectivity index (χ2n) is 5.97. The minimum Gasteiger partial charge on any atom is -0.382 e. The Bertz CT molecular complexity index is 1140. The zero-order valence-electron chi connectivity index (χ0n) is 14.3. The van der Waals surface area contributed by atoms with Gasteiger partial charge in [-0.25, -0.2) is 23.9 Å². The summed E-state index contributed by atoms with van der Waals surface area (Å²) < 4.78 is 15.7. The predicted molar refractivity (Wildman–Crippen MR) is 108 cm³/mol. The zero-order valence-corrected chi connectivity index (χ0v) is 15.0. The van der Waals surface area contributed by atoms with E-state index < -0.39 is 0 Å². The van der Waals surface area contributed by atoms with Crippen LogP contribution in [0.15, 0.2) is 49.1 Å². The zero-order chi connectivity index (χ0) is 19.0. The Kier molecular flexibility index (Phi) is 4.33. The fraction of sp³-hybridized carbons (Fsp3) is 0.111. The van der Waals surface area contributed by atoms with E-state index in [1.165, 1.54) is 12.4 Å². The fourth-order valence-electron chi connectivity index (χ4n) is 2.87. The van der Waals surface area contributed by atoms with Crippen molar-refractivity contribution in [2.75, 3.05) is 11.1 Å². The van der Waals surface area contributed by atoms with Gasteiger partial charge in [-0.1, -0.05) is 17.7 Å². The first-order valence-corrected chi connectivity index (χ1v) is 8.53. The largest absolute Gasteiger partial charge is 0.382 e. The lowest BCUT2D eigenvalue weighted by atomic mass is 10.1. The van der Waals surface area contributed by atoms with Crippen LogP contribution in [-0.4, -0.2) is 24.6 Å². The molecular weight excluding hydrogens is 369 g/mol. The van der Waals surface area contributed by atoms with E-state index in [1.807, 2.05) is 6.92 Å². The molecule has 0 saturated heterocycles. The molecule has 9 heteroatoms. The molecule has 0 saturated carbocycles. The molecule has 0 radical (unpaired) electrons. The maximum absolute atomic E-state index is 14.1. The van der Waals surface area contributed by atoms with Crippen molar-refractivity contribution in [3.05, 3.63) is 65.5 Å². The summed E-state index contributed by atoms with van der Waals surface area (Å²) in [5, 5.41) is 7.75. The van der Waals surface area contributed by atoms with Gasteiger partial charge < -0.3 is 11.1 Å². The van der Waals surface area contributed by atoms with Crippen LogP contribution in [0.5, 0.6) is 0 Å². The number of rotatable bonds is 4. The third-order valence-electron chi connectivity index (χ3n) is 4.14. The second-order valence-corrected chi connectivity index (χ2v) is 6.40. The van der Waals surface area contributed by atoms with Gasteiger partial charge >= 0.3 is 0 Å². The Morgan fingerprint density at radius 2 is 2.11 bits per heavy atom. The first-order valence-electron chi connectivity index (χ1n) is 8.15. The molecule has 4 rings (SSSR count). The Balaban J connectivity index is 0.00000150. The first kappa shape index (κ1) is 17.2. The van der Waals surface area contributed by atoms with Gasteiger partial charge in [0.05, 0.1) is 17.3 Å². The van der Waals surface area contributed by atoms with Crippen LogP contribution in [0.2, 0.25) is 5.02 Å². The minimum absolute atomic E-state index is 0. The Hall–Kier alpha value is -3.26. The van der Waals surface area contributed by atoms with Crippen molar-refractivity contribution < 1.29 is 8.67 Å². The summed E-state index contributed by atoms with van der Waals surface area (Å²) >= 11 is 5.82. The number of nitrogens with two attached hydrogens (primary N) is 1. The first-order chi connectivity index (χ1) is 13.0. The number of nitrogens with one attached hydrogen (secondary N) is 1. The van der Waals surface area contributed by atoms with Crippen LogP contribution in [0.3, 0.4) is 0 Å². The number of aromatic nitrogens is 5. The SMILES string of the molecule is C[C@H](Nc1cc(-c2c(N)nn3cccnc23)ncn1)c1ccc(Cl)cc1F.[HH].[HH].[HH]. The summed E-state index contributed by atoms with van der Waals surface area (Å²) in [5.41, 5.74) is 8.31. The molecule has 0 spiro atoms. The van der Waals surface area contributed by atoms with E-state index >= 15 is 0 Å². The third-order valence-corrected chi connectivity index (χ3v) is 4.37. The number of fused-ring (bicyclic) bond motifs is 1. The molecule has 0 aliphatic heterocycles. The maximum Gasteiger partial charge on any atom is 0.166 e. The average molecular weight is 390 g/mol. The van der Waals surface area contributed by atoms with E-state index in [0.29, 0.717) is 39.1 Å². The molecule has 3 heterocycles. The molecule has 3 N–H and O–H groups in total. The third kappa shape index (κ3) is 3.26. The molecule has 7 nitrogen and oxygen atoms in total. The normalized spacial score (nSPS) is 12.3. The highest BCUT2D eigenvalue weighted by atomic mass is 35.5. The molecular formula is C18H21ClFN7. The summed E-state index contributed by atoms with van der Waals surface area (Å²) in [6, 6.07) is 7.74. The van der Waals surface area contributed by atoms with Crippen molar-refractivity contribution in [2.45, 2.75) is 13.0 Å². The maximum atomic E-state index is 14.1. The van der Waals surface area contributed by atoms with Gasteiger partial charge in [-0.05, 0) is 25.1 Å². The van der Waals surface area contributed by atoms with Gasteiger partial charge in [0.1, 0.15) is 18.0 Å². The van der Waals surface area contributed by atoms with E-state index in [2.05, 4.69) is 25.4 Å². The highest BCUT2D eigenvalue weighted by Gasteiger charge is 2.17. The van der Waals surface area contributed by atoms with Crippen LogP contribution in [0.25, 0.3) is 16.9 Å². The van der Waals surface area contributed by atoms with Gasteiger partial charge in [0.15, 0.2) is 11.5 Å². The molecule has 0 bridgehead atoms. The molecule has 4 aromatic rings. The molecule has 0 aliphatic carbocycles. The topological polar surface area (TPSA) is 94.0 Å². The average Bonchev–Trinajstić information content (AvgIpc) is 2.97. The molecule has 0 unspecified atom stereocenters. The number of nitrogen functional groups attached to an aromatic ring is 1. The summed E-state index contributed by atoms with van der Waals surface area (Å²) in [6.45, 7) is 1.83. The summed E-state index contributed by atoms with van der Waals surface area (Å²) in [5.74, 6) is 0.458. The van der Waals surface area contributed by atoms with Gasteiger partial charge in [0.25, 0.3) is 0 Å². The standard InChI is InChI=1S/C18H15ClFN7.3H2/c1-10(12-4-3-11(19)7-13(12)20)25-15-8-14(23-9-24-15)16-17(21)26-27-6-2-5-22-18(16)27;;;/h2-10H,1H3,(H2,21,26)(H,23,24,25);3*1H/t10-;;;/m0.../s1. The number of hydrogen-bond donors (Lipinski definition) is 2. The number of halogens is 2. The summed E-state index contributed by atoms with van der Waals surface area (Å²) in [7, 11) is 0. The van der Waals surface area contributed by atoms with Gasteiger partial charge in [0.2, 0.25) is 0 Å². The highest BCUT2D eigenvalue weighted by molar-refractivity contribution is 6.30. The Morgan fingerprint density at radius 1 is 1.26 bits per heavy atom.